The first-order chi connectivity index (χ1) is 12.0. The van der Waals surface area contributed by atoms with Crippen LogP contribution in [0.15, 0.2) is 32.9 Å². The molecule has 132 valence electrons. The van der Waals surface area contributed by atoms with Crippen LogP contribution < -0.4 is 26.1 Å². The molecule has 0 radical (unpaired) electrons. The molecule has 0 bridgehead atoms. The predicted octanol–water partition coefficient (Wildman–Crippen LogP) is 0.235. The number of benzene rings is 1. The van der Waals surface area contributed by atoms with Crippen LogP contribution in [0.3, 0.4) is 0 Å². The monoisotopic (exact) mass is 346 g/mol. The van der Waals surface area contributed by atoms with Gasteiger partial charge in [-0.25, -0.2) is 4.79 Å². The van der Waals surface area contributed by atoms with E-state index in [1.807, 2.05) is 12.1 Å². The Bertz CT molecular complexity index is 960. The Labute approximate surface area is 142 Å². The Balaban J connectivity index is 1.91. The molecule has 1 aliphatic rings. The predicted molar refractivity (Wildman–Crippen MR) is 90.5 cm³/mol. The minimum Gasteiger partial charge on any atom is -0.494 e. The molecule has 1 aliphatic heterocycles. The van der Waals surface area contributed by atoms with Gasteiger partial charge in [0.05, 0.1) is 26.0 Å². The van der Waals surface area contributed by atoms with Crippen LogP contribution in [0.25, 0.3) is 0 Å². The highest BCUT2D eigenvalue weighted by Gasteiger charge is 2.27. The lowest BCUT2D eigenvalue weighted by Crippen LogP contribution is -2.32. The largest absolute Gasteiger partial charge is 0.494 e. The number of hydrazone groups is 1. The average molecular weight is 346 g/mol. The summed E-state index contributed by atoms with van der Waals surface area (Å²) in [4.78, 5) is 25.7. The fourth-order valence-electron chi connectivity index (χ4n) is 2.73. The van der Waals surface area contributed by atoms with Crippen molar-refractivity contribution < 1.29 is 14.6 Å². The summed E-state index contributed by atoms with van der Waals surface area (Å²) < 4.78 is 11.5. The van der Waals surface area contributed by atoms with Crippen molar-refractivity contribution >= 4 is 5.71 Å². The third-order valence-electron chi connectivity index (χ3n) is 4.14. The van der Waals surface area contributed by atoms with E-state index >= 15 is 0 Å². The molecule has 1 unspecified atom stereocenters. The first kappa shape index (κ1) is 16.6. The summed E-state index contributed by atoms with van der Waals surface area (Å²) >= 11 is 0. The third-order valence-corrected chi connectivity index (χ3v) is 4.14. The summed E-state index contributed by atoms with van der Waals surface area (Å²) in [6.45, 7) is 0. The lowest BCUT2D eigenvalue weighted by Gasteiger charge is -2.14. The molecule has 1 aromatic heterocycles. The highest BCUT2D eigenvalue weighted by atomic mass is 16.5. The van der Waals surface area contributed by atoms with E-state index in [1.165, 1.54) is 7.05 Å². The smallest absolute Gasteiger partial charge is 0.330 e. The number of hydrogen-bond donors (Lipinski definition) is 3. The molecule has 0 saturated heterocycles. The van der Waals surface area contributed by atoms with Gasteiger partial charge < -0.3 is 20.0 Å². The van der Waals surface area contributed by atoms with Crippen molar-refractivity contribution in [2.24, 2.45) is 12.1 Å². The maximum atomic E-state index is 12.1. The summed E-state index contributed by atoms with van der Waals surface area (Å²) in [6, 6.07) is 5.26. The van der Waals surface area contributed by atoms with E-state index < -0.39 is 17.1 Å². The van der Waals surface area contributed by atoms with Crippen LogP contribution >= 0.6 is 0 Å². The van der Waals surface area contributed by atoms with Gasteiger partial charge in [-0.05, 0) is 17.7 Å². The van der Waals surface area contributed by atoms with Gasteiger partial charge in [0.25, 0.3) is 5.56 Å². The third kappa shape index (κ3) is 2.84. The minimum atomic E-state index is -0.686. The molecule has 3 N–H and O–H groups in total. The van der Waals surface area contributed by atoms with Gasteiger partial charge in [0.15, 0.2) is 11.5 Å². The Morgan fingerprint density at radius 2 is 1.96 bits per heavy atom. The zero-order valence-electron chi connectivity index (χ0n) is 14.0. The van der Waals surface area contributed by atoms with Crippen molar-refractivity contribution in [2.45, 2.75) is 12.5 Å². The molecule has 2 aromatic rings. The molecular formula is C16H18N4O5. The molecule has 0 fully saturated rings. The fraction of sp³-hybridized carbons (Fsp3) is 0.312. The number of methoxy groups -OCH3 is 2. The molecule has 9 heteroatoms. The number of rotatable bonds is 4. The second-order valence-corrected chi connectivity index (χ2v) is 5.58. The molecule has 2 heterocycles. The molecule has 3 rings (SSSR count). The first-order valence-corrected chi connectivity index (χ1v) is 7.53. The molecule has 9 nitrogen and oxygen atoms in total. The quantitative estimate of drug-likeness (QED) is 0.730. The maximum Gasteiger partial charge on any atom is 0.330 e. The van der Waals surface area contributed by atoms with Crippen molar-refractivity contribution in [2.75, 3.05) is 14.2 Å². The van der Waals surface area contributed by atoms with Gasteiger partial charge >= 0.3 is 5.69 Å². The van der Waals surface area contributed by atoms with E-state index in [0.717, 1.165) is 10.1 Å². The number of aromatic amines is 1. The van der Waals surface area contributed by atoms with Crippen LogP contribution in [0.5, 0.6) is 17.4 Å². The van der Waals surface area contributed by atoms with Gasteiger partial charge in [-0.15, -0.1) is 0 Å². The highest BCUT2D eigenvalue weighted by Crippen LogP contribution is 2.33. The Morgan fingerprint density at radius 3 is 2.64 bits per heavy atom. The Kier molecular flexibility index (Phi) is 4.22. The lowest BCUT2D eigenvalue weighted by molar-refractivity contribution is 0.354. The number of nitrogens with one attached hydrogen (secondary N) is 2. The van der Waals surface area contributed by atoms with Crippen LogP contribution in [-0.2, 0) is 7.05 Å². The van der Waals surface area contributed by atoms with Gasteiger partial charge in [-0.2, -0.15) is 5.10 Å². The van der Waals surface area contributed by atoms with Gasteiger partial charge in [-0.1, -0.05) is 6.07 Å². The van der Waals surface area contributed by atoms with E-state index in [-0.39, 0.29) is 11.6 Å². The zero-order chi connectivity index (χ0) is 18.1. The van der Waals surface area contributed by atoms with Gasteiger partial charge in [0.2, 0.25) is 5.88 Å². The van der Waals surface area contributed by atoms with Gasteiger partial charge in [-0.3, -0.25) is 14.3 Å². The van der Waals surface area contributed by atoms with E-state index in [4.69, 9.17) is 9.47 Å². The molecule has 0 amide bonds. The highest BCUT2D eigenvalue weighted by molar-refractivity contribution is 6.03. The van der Waals surface area contributed by atoms with Crippen molar-refractivity contribution in [3.05, 3.63) is 50.2 Å². The first-order valence-electron chi connectivity index (χ1n) is 7.53. The Hall–Kier alpha value is -3.23. The summed E-state index contributed by atoms with van der Waals surface area (Å²) in [7, 11) is 4.47. The standard InChI is InChI=1S/C16H18N4O5/c1-20-15(22)13(14(21)17-16(20)23)10-7-9(18-19-10)8-4-5-11(24-2)12(6-8)25-3/h4-6,9,18,22H,7H2,1-3H3,(H,17,21,23). The van der Waals surface area contributed by atoms with Crippen LogP contribution in [0, 0.1) is 0 Å². The molecule has 1 atom stereocenters. The van der Waals surface area contributed by atoms with Crippen LogP contribution in [-0.4, -0.2) is 34.6 Å². The summed E-state index contributed by atoms with van der Waals surface area (Å²) in [5.74, 6) is 0.776. The van der Waals surface area contributed by atoms with E-state index in [9.17, 15) is 14.7 Å². The molecule has 25 heavy (non-hydrogen) atoms. The van der Waals surface area contributed by atoms with Crippen LogP contribution in [0.2, 0.25) is 0 Å². The molecule has 0 aliphatic carbocycles. The fourth-order valence-corrected chi connectivity index (χ4v) is 2.73. The van der Waals surface area contributed by atoms with Crippen LogP contribution in [0.4, 0.5) is 0 Å². The zero-order valence-corrected chi connectivity index (χ0v) is 14.0. The van der Waals surface area contributed by atoms with E-state index in [1.54, 1.807) is 20.3 Å². The van der Waals surface area contributed by atoms with Crippen molar-refractivity contribution in [1.82, 2.24) is 15.0 Å². The number of H-pyrrole nitrogens is 1. The molecular weight excluding hydrogens is 328 g/mol. The second kappa shape index (κ2) is 6.34. The lowest BCUT2D eigenvalue weighted by atomic mass is 9.99. The van der Waals surface area contributed by atoms with Crippen molar-refractivity contribution in [3.63, 3.8) is 0 Å². The molecule has 1 aromatic carbocycles. The van der Waals surface area contributed by atoms with Crippen LogP contribution in [0.1, 0.15) is 23.6 Å². The van der Waals surface area contributed by atoms with Gasteiger partial charge in [0.1, 0.15) is 5.56 Å². The van der Waals surface area contributed by atoms with Gasteiger partial charge in [0, 0.05) is 13.5 Å². The normalized spacial score (nSPS) is 16.3. The number of nitrogens with zero attached hydrogens (tertiary/aromatic N) is 2. The summed E-state index contributed by atoms with van der Waals surface area (Å²) in [6.07, 6.45) is 0.365. The number of ether oxygens (including phenoxy) is 2. The summed E-state index contributed by atoms with van der Waals surface area (Å²) in [5.41, 5.74) is 2.82. The number of aromatic hydroxyl groups is 1. The second-order valence-electron chi connectivity index (χ2n) is 5.58. The minimum absolute atomic E-state index is 0.0161. The topological polar surface area (TPSA) is 118 Å². The number of aromatic nitrogens is 2. The van der Waals surface area contributed by atoms with E-state index in [0.29, 0.717) is 23.6 Å². The number of hydrogen-bond acceptors (Lipinski definition) is 7. The molecule has 0 saturated carbocycles. The van der Waals surface area contributed by atoms with Crippen molar-refractivity contribution in [3.8, 4) is 17.4 Å². The van der Waals surface area contributed by atoms with Crippen molar-refractivity contribution in [1.29, 1.82) is 0 Å². The molecule has 0 spiro atoms. The SMILES string of the molecule is COc1ccc(C2CC(c3c(O)n(C)c(=O)[nH]c3=O)=NN2)cc1OC. The van der Waals surface area contributed by atoms with E-state index in [2.05, 4.69) is 15.5 Å². The summed E-state index contributed by atoms with van der Waals surface area (Å²) in [5, 5.41) is 14.3. The Morgan fingerprint density at radius 1 is 1.24 bits per heavy atom. The average Bonchev–Trinajstić information content (AvgIpc) is 3.08. The maximum absolute atomic E-state index is 12.1.